The number of ether oxygens (including phenoxy) is 1. The molecule has 1 aliphatic heterocycles. The lowest BCUT2D eigenvalue weighted by Gasteiger charge is -2.30. The molecule has 0 spiro atoms. The van der Waals surface area contributed by atoms with Crippen LogP contribution >= 0.6 is 27.7 Å². The van der Waals surface area contributed by atoms with Crippen molar-refractivity contribution in [3.8, 4) is 5.75 Å². The van der Waals surface area contributed by atoms with Crippen LogP contribution in [-0.4, -0.2) is 23.9 Å². The van der Waals surface area contributed by atoms with E-state index < -0.39 is 17.3 Å². The number of nitrogens with two attached hydrogens (primary N) is 1. The van der Waals surface area contributed by atoms with Crippen molar-refractivity contribution >= 4 is 44.5 Å². The fourth-order valence-electron chi connectivity index (χ4n) is 2.85. The van der Waals surface area contributed by atoms with Gasteiger partial charge in [-0.3, -0.25) is 9.79 Å². The number of benzene rings is 2. The SMILES string of the molecule is COc1ccc(Br)c(C(=O)Nc2cc(C3(C)CCSC(N)=N3)ccc2F)c1. The van der Waals surface area contributed by atoms with Crippen molar-refractivity contribution in [3.05, 3.63) is 57.8 Å². The van der Waals surface area contributed by atoms with Crippen LogP contribution in [0.5, 0.6) is 5.75 Å². The monoisotopic (exact) mass is 451 g/mol. The molecule has 1 atom stereocenters. The van der Waals surface area contributed by atoms with Crippen molar-refractivity contribution in [2.45, 2.75) is 18.9 Å². The second kappa shape index (κ2) is 7.90. The van der Waals surface area contributed by atoms with Crippen molar-refractivity contribution < 1.29 is 13.9 Å². The summed E-state index contributed by atoms with van der Waals surface area (Å²) in [5.74, 6) is 0.414. The number of nitrogens with zero attached hydrogens (tertiary/aromatic N) is 1. The van der Waals surface area contributed by atoms with Crippen LogP contribution in [0.1, 0.15) is 29.3 Å². The number of hydrogen-bond acceptors (Lipinski definition) is 5. The molecule has 1 unspecified atom stereocenters. The van der Waals surface area contributed by atoms with Crippen molar-refractivity contribution in [1.82, 2.24) is 0 Å². The van der Waals surface area contributed by atoms with E-state index in [9.17, 15) is 9.18 Å². The predicted octanol–water partition coefficient (Wildman–Crippen LogP) is 4.52. The first kappa shape index (κ1) is 19.7. The Morgan fingerprint density at radius 1 is 1.37 bits per heavy atom. The Labute approximate surface area is 169 Å². The van der Waals surface area contributed by atoms with Crippen LogP contribution in [-0.2, 0) is 5.54 Å². The average Bonchev–Trinajstić information content (AvgIpc) is 2.63. The summed E-state index contributed by atoms with van der Waals surface area (Å²) in [6.45, 7) is 1.96. The highest BCUT2D eigenvalue weighted by molar-refractivity contribution is 9.10. The summed E-state index contributed by atoms with van der Waals surface area (Å²) >= 11 is 4.84. The third kappa shape index (κ3) is 4.27. The minimum Gasteiger partial charge on any atom is -0.497 e. The van der Waals surface area contributed by atoms with Crippen molar-refractivity contribution in [2.24, 2.45) is 10.7 Å². The van der Waals surface area contributed by atoms with Gasteiger partial charge in [-0.2, -0.15) is 0 Å². The second-order valence-electron chi connectivity index (χ2n) is 6.32. The van der Waals surface area contributed by atoms with E-state index >= 15 is 0 Å². The van der Waals surface area contributed by atoms with Crippen LogP contribution in [0.3, 0.4) is 0 Å². The van der Waals surface area contributed by atoms with E-state index in [2.05, 4.69) is 26.2 Å². The van der Waals surface area contributed by atoms with Crippen LogP contribution in [0.2, 0.25) is 0 Å². The first-order chi connectivity index (χ1) is 12.8. The Bertz CT molecular complexity index is 922. The third-order valence-electron chi connectivity index (χ3n) is 4.45. The molecule has 5 nitrogen and oxygen atoms in total. The van der Waals surface area contributed by atoms with E-state index in [1.54, 1.807) is 30.3 Å². The van der Waals surface area contributed by atoms with Crippen LogP contribution in [0.25, 0.3) is 0 Å². The number of aliphatic imine (C=N–C) groups is 1. The zero-order chi connectivity index (χ0) is 19.6. The van der Waals surface area contributed by atoms with Crippen LogP contribution in [0, 0.1) is 5.82 Å². The van der Waals surface area contributed by atoms with Gasteiger partial charge in [0, 0.05) is 10.2 Å². The molecule has 8 heteroatoms. The average molecular weight is 452 g/mol. The maximum Gasteiger partial charge on any atom is 0.257 e. The number of nitrogens with one attached hydrogen (secondary N) is 1. The largest absolute Gasteiger partial charge is 0.497 e. The highest BCUT2D eigenvalue weighted by atomic mass is 79.9. The van der Waals surface area contributed by atoms with E-state index in [1.165, 1.54) is 24.9 Å². The number of methoxy groups -OCH3 is 1. The van der Waals surface area contributed by atoms with Crippen LogP contribution in [0.15, 0.2) is 45.9 Å². The molecular weight excluding hydrogens is 433 g/mol. The Morgan fingerprint density at radius 2 is 2.15 bits per heavy atom. The summed E-state index contributed by atoms with van der Waals surface area (Å²) in [4.78, 5) is 17.2. The lowest BCUT2D eigenvalue weighted by molar-refractivity contribution is 0.102. The van der Waals surface area contributed by atoms with E-state index in [1.807, 2.05) is 6.92 Å². The van der Waals surface area contributed by atoms with Gasteiger partial charge in [-0.15, -0.1) is 0 Å². The summed E-state index contributed by atoms with van der Waals surface area (Å²) in [5.41, 5.74) is 6.57. The van der Waals surface area contributed by atoms with Gasteiger partial charge in [0.1, 0.15) is 11.6 Å². The molecular formula is C19H19BrFN3O2S. The smallest absolute Gasteiger partial charge is 0.257 e. The van der Waals surface area contributed by atoms with Gasteiger partial charge in [-0.05, 0) is 65.2 Å². The lowest BCUT2D eigenvalue weighted by Crippen LogP contribution is -2.29. The number of carbonyl (C=O) groups excluding carboxylic acids is 1. The molecule has 0 aromatic heterocycles. The number of carbonyl (C=O) groups is 1. The van der Waals surface area contributed by atoms with E-state index in [0.717, 1.165) is 17.7 Å². The van der Waals surface area contributed by atoms with Crippen LogP contribution in [0.4, 0.5) is 10.1 Å². The highest BCUT2D eigenvalue weighted by Crippen LogP contribution is 2.36. The van der Waals surface area contributed by atoms with Crippen molar-refractivity contribution in [2.75, 3.05) is 18.2 Å². The van der Waals surface area contributed by atoms with Crippen molar-refractivity contribution in [3.63, 3.8) is 0 Å². The number of halogens is 2. The van der Waals surface area contributed by atoms with Gasteiger partial charge in [0.05, 0.1) is 23.9 Å². The summed E-state index contributed by atoms with van der Waals surface area (Å²) in [5, 5.41) is 3.16. The zero-order valence-corrected chi connectivity index (χ0v) is 17.3. The summed E-state index contributed by atoms with van der Waals surface area (Å²) in [6, 6.07) is 9.66. The first-order valence-electron chi connectivity index (χ1n) is 8.25. The van der Waals surface area contributed by atoms with Gasteiger partial charge < -0.3 is 15.8 Å². The molecule has 27 heavy (non-hydrogen) atoms. The van der Waals surface area contributed by atoms with Gasteiger partial charge >= 0.3 is 0 Å². The first-order valence-corrected chi connectivity index (χ1v) is 10.0. The van der Waals surface area contributed by atoms with Gasteiger partial charge in [0.15, 0.2) is 5.17 Å². The molecule has 1 heterocycles. The minimum absolute atomic E-state index is 0.0976. The number of amides is 1. The van der Waals surface area contributed by atoms with Crippen molar-refractivity contribution in [1.29, 1.82) is 0 Å². The van der Waals surface area contributed by atoms with Gasteiger partial charge in [0.2, 0.25) is 0 Å². The predicted molar refractivity (Wildman–Crippen MR) is 111 cm³/mol. The quantitative estimate of drug-likeness (QED) is 0.716. The fraction of sp³-hybridized carbons (Fsp3) is 0.263. The molecule has 0 saturated heterocycles. The van der Waals surface area contributed by atoms with E-state index in [-0.39, 0.29) is 5.69 Å². The maximum absolute atomic E-state index is 14.3. The van der Waals surface area contributed by atoms with Crippen LogP contribution < -0.4 is 15.8 Å². The Morgan fingerprint density at radius 3 is 2.85 bits per heavy atom. The number of amidine groups is 1. The molecule has 3 rings (SSSR count). The fourth-order valence-corrected chi connectivity index (χ4v) is 4.25. The molecule has 0 bridgehead atoms. The lowest BCUT2D eigenvalue weighted by atomic mass is 9.89. The molecule has 1 aliphatic rings. The normalized spacial score (nSPS) is 19.3. The summed E-state index contributed by atoms with van der Waals surface area (Å²) < 4.78 is 20.1. The molecule has 2 aromatic carbocycles. The molecule has 2 aromatic rings. The second-order valence-corrected chi connectivity index (χ2v) is 8.29. The molecule has 3 N–H and O–H groups in total. The summed E-state index contributed by atoms with van der Waals surface area (Å²) in [6.07, 6.45) is 0.777. The highest BCUT2D eigenvalue weighted by Gasteiger charge is 2.30. The topological polar surface area (TPSA) is 76.7 Å². The molecule has 0 aliphatic carbocycles. The zero-order valence-electron chi connectivity index (χ0n) is 14.9. The maximum atomic E-state index is 14.3. The van der Waals surface area contributed by atoms with Gasteiger partial charge in [-0.25, -0.2) is 4.39 Å². The number of hydrogen-bond donors (Lipinski definition) is 2. The van der Waals surface area contributed by atoms with E-state index in [0.29, 0.717) is 21.0 Å². The Hall–Kier alpha value is -2.06. The Balaban J connectivity index is 1.92. The Kier molecular flexibility index (Phi) is 5.76. The van der Waals surface area contributed by atoms with Gasteiger partial charge in [-0.1, -0.05) is 17.8 Å². The third-order valence-corrected chi connectivity index (χ3v) is 5.94. The number of rotatable bonds is 4. The minimum atomic E-state index is -0.543. The summed E-state index contributed by atoms with van der Waals surface area (Å²) in [7, 11) is 1.52. The molecule has 0 radical (unpaired) electrons. The molecule has 0 saturated carbocycles. The van der Waals surface area contributed by atoms with Gasteiger partial charge in [0.25, 0.3) is 5.91 Å². The molecule has 1 amide bonds. The number of anilines is 1. The standard InChI is InChI=1S/C19H19BrFN3O2S/c1-19(7-8-27-18(22)24-19)11-3-6-15(21)16(9-11)23-17(25)13-10-12(26-2)4-5-14(13)20/h3-6,9-10H,7-8H2,1-2H3,(H2,22,24)(H,23,25). The number of thioether (sulfide) groups is 1. The van der Waals surface area contributed by atoms with E-state index in [4.69, 9.17) is 10.5 Å². The molecule has 0 fully saturated rings. The molecule has 142 valence electrons.